The highest BCUT2D eigenvalue weighted by Crippen LogP contribution is 2.22. The summed E-state index contributed by atoms with van der Waals surface area (Å²) in [6.07, 6.45) is 0.798. The van der Waals surface area contributed by atoms with E-state index in [4.69, 9.17) is 19.3 Å². The number of hydrogen-bond acceptors (Lipinski definition) is 8. The summed E-state index contributed by atoms with van der Waals surface area (Å²) < 4.78 is 15.9. The van der Waals surface area contributed by atoms with Crippen molar-refractivity contribution >= 4 is 0 Å². The van der Waals surface area contributed by atoms with Crippen molar-refractivity contribution in [3.8, 4) is 0 Å². The number of aliphatic hydroxyl groups excluding tert-OH is 5. The van der Waals surface area contributed by atoms with Crippen LogP contribution in [0.4, 0.5) is 0 Å². The molecule has 0 amide bonds. The van der Waals surface area contributed by atoms with Crippen molar-refractivity contribution in [2.45, 2.75) is 88.7 Å². The van der Waals surface area contributed by atoms with Gasteiger partial charge in [0.05, 0.1) is 19.8 Å². The molecule has 1 unspecified atom stereocenters. The molecule has 0 aromatic rings. The second kappa shape index (κ2) is 13.8. The first-order chi connectivity index (χ1) is 12.5. The molecule has 8 heteroatoms. The zero-order valence-electron chi connectivity index (χ0n) is 15.7. The van der Waals surface area contributed by atoms with E-state index in [-0.39, 0.29) is 13.2 Å². The number of unbranched alkanes of at least 4 members (excludes halogenated alkanes) is 6. The van der Waals surface area contributed by atoms with Gasteiger partial charge in [-0.2, -0.15) is 0 Å². The van der Waals surface area contributed by atoms with Crippen LogP contribution in [0.25, 0.3) is 0 Å². The molecule has 156 valence electrons. The summed E-state index contributed by atoms with van der Waals surface area (Å²) in [5.74, 6) is 0. The van der Waals surface area contributed by atoms with Gasteiger partial charge in [0.1, 0.15) is 30.5 Å². The largest absolute Gasteiger partial charge is 0.394 e. The van der Waals surface area contributed by atoms with Crippen molar-refractivity contribution in [2.75, 3.05) is 26.4 Å². The zero-order valence-corrected chi connectivity index (χ0v) is 15.7. The van der Waals surface area contributed by atoms with E-state index in [0.29, 0.717) is 6.61 Å². The predicted octanol–water partition coefficient (Wildman–Crippen LogP) is -0.0690. The van der Waals surface area contributed by atoms with Crippen molar-refractivity contribution in [2.24, 2.45) is 0 Å². The van der Waals surface area contributed by atoms with Gasteiger partial charge in [0.2, 0.25) is 0 Å². The molecule has 1 fully saturated rings. The highest BCUT2D eigenvalue weighted by Gasteiger charge is 2.44. The summed E-state index contributed by atoms with van der Waals surface area (Å²) in [7, 11) is 0. The second-order valence-electron chi connectivity index (χ2n) is 6.88. The van der Waals surface area contributed by atoms with Gasteiger partial charge in [-0.05, 0) is 6.42 Å². The molecule has 0 aromatic carbocycles. The minimum absolute atomic E-state index is 0.104. The van der Waals surface area contributed by atoms with Gasteiger partial charge in [0, 0.05) is 6.61 Å². The normalized spacial score (nSPS) is 30.5. The van der Waals surface area contributed by atoms with Crippen LogP contribution in [0.1, 0.15) is 51.9 Å². The molecule has 1 saturated heterocycles. The van der Waals surface area contributed by atoms with Crippen LogP contribution in [0.3, 0.4) is 0 Å². The van der Waals surface area contributed by atoms with Gasteiger partial charge in [-0.25, -0.2) is 0 Å². The molecule has 6 atom stereocenters. The monoisotopic (exact) mass is 380 g/mol. The summed E-state index contributed by atoms with van der Waals surface area (Å²) in [6.45, 7) is 2.20. The molecule has 0 spiro atoms. The third-order valence-corrected chi connectivity index (χ3v) is 4.50. The van der Waals surface area contributed by atoms with E-state index in [2.05, 4.69) is 6.92 Å². The SMILES string of the molecule is CCCCCCCCCOCC(O)CO[C@H]1O[C@H](CO)[C@H](O)[C@H](O)[C@H]1O. The van der Waals surface area contributed by atoms with E-state index in [1.807, 2.05) is 0 Å². The van der Waals surface area contributed by atoms with Gasteiger partial charge in [-0.1, -0.05) is 45.4 Å². The molecule has 5 N–H and O–H groups in total. The molecular weight excluding hydrogens is 344 g/mol. The number of ether oxygens (including phenoxy) is 3. The zero-order chi connectivity index (χ0) is 19.4. The first-order valence-electron chi connectivity index (χ1n) is 9.69. The molecule has 0 saturated carbocycles. The van der Waals surface area contributed by atoms with E-state index in [1.165, 1.54) is 32.1 Å². The highest BCUT2D eigenvalue weighted by atomic mass is 16.7. The van der Waals surface area contributed by atoms with E-state index in [0.717, 1.165) is 12.8 Å². The molecule has 0 aliphatic carbocycles. The fourth-order valence-electron chi connectivity index (χ4n) is 2.84. The third-order valence-electron chi connectivity index (χ3n) is 4.50. The van der Waals surface area contributed by atoms with Gasteiger partial charge in [0.25, 0.3) is 0 Å². The smallest absolute Gasteiger partial charge is 0.186 e. The topological polar surface area (TPSA) is 129 Å². The van der Waals surface area contributed by atoms with Crippen LogP contribution in [0.2, 0.25) is 0 Å². The van der Waals surface area contributed by atoms with Crippen molar-refractivity contribution < 1.29 is 39.7 Å². The van der Waals surface area contributed by atoms with Crippen LogP contribution in [0, 0.1) is 0 Å². The standard InChI is InChI=1S/C18H36O8/c1-2-3-4-5-6-7-8-9-24-11-13(20)12-25-18-17(23)16(22)15(21)14(10-19)26-18/h13-23H,2-12H2,1H3/t13?,14-,15+,16+,17-,18+/m1/s1. The Kier molecular flexibility index (Phi) is 12.6. The van der Waals surface area contributed by atoms with Crippen molar-refractivity contribution in [1.29, 1.82) is 0 Å². The lowest BCUT2D eigenvalue weighted by Gasteiger charge is -2.39. The molecule has 1 aliphatic heterocycles. The Balaban J connectivity index is 2.09. The molecule has 1 rings (SSSR count). The van der Waals surface area contributed by atoms with Crippen LogP contribution in [-0.4, -0.2) is 88.8 Å². The quantitative estimate of drug-likeness (QED) is 0.265. The first kappa shape index (κ1) is 23.7. The molecule has 0 radical (unpaired) electrons. The van der Waals surface area contributed by atoms with Gasteiger partial charge in [-0.15, -0.1) is 0 Å². The van der Waals surface area contributed by atoms with Gasteiger partial charge in [-0.3, -0.25) is 0 Å². The first-order valence-corrected chi connectivity index (χ1v) is 9.69. The molecule has 0 aromatic heterocycles. The highest BCUT2D eigenvalue weighted by molar-refractivity contribution is 4.88. The van der Waals surface area contributed by atoms with Crippen LogP contribution >= 0.6 is 0 Å². The fourth-order valence-corrected chi connectivity index (χ4v) is 2.84. The van der Waals surface area contributed by atoms with Gasteiger partial charge >= 0.3 is 0 Å². The van der Waals surface area contributed by atoms with Crippen LogP contribution in [0.5, 0.6) is 0 Å². The Morgan fingerprint density at radius 3 is 2.19 bits per heavy atom. The Morgan fingerprint density at radius 1 is 0.885 bits per heavy atom. The van der Waals surface area contributed by atoms with Gasteiger partial charge < -0.3 is 39.7 Å². The molecule has 0 bridgehead atoms. The Labute approximate surface area is 155 Å². The van der Waals surface area contributed by atoms with Crippen molar-refractivity contribution in [3.63, 3.8) is 0 Å². The second-order valence-corrected chi connectivity index (χ2v) is 6.88. The Hall–Kier alpha value is -0.320. The maximum absolute atomic E-state index is 9.86. The number of rotatable bonds is 14. The number of hydrogen-bond donors (Lipinski definition) is 5. The lowest BCUT2D eigenvalue weighted by Crippen LogP contribution is -2.59. The average Bonchev–Trinajstić information content (AvgIpc) is 2.64. The summed E-state index contributed by atoms with van der Waals surface area (Å²) >= 11 is 0. The van der Waals surface area contributed by atoms with Crippen LogP contribution in [-0.2, 0) is 14.2 Å². The average molecular weight is 380 g/mol. The summed E-state index contributed by atoms with van der Waals surface area (Å²) in [5.41, 5.74) is 0. The Morgan fingerprint density at radius 2 is 1.54 bits per heavy atom. The van der Waals surface area contributed by atoms with Crippen LogP contribution in [0.15, 0.2) is 0 Å². The maximum Gasteiger partial charge on any atom is 0.186 e. The van der Waals surface area contributed by atoms with Crippen molar-refractivity contribution in [3.05, 3.63) is 0 Å². The molecular formula is C18H36O8. The van der Waals surface area contributed by atoms with Crippen molar-refractivity contribution in [1.82, 2.24) is 0 Å². The predicted molar refractivity (Wildman–Crippen MR) is 94.5 cm³/mol. The van der Waals surface area contributed by atoms with E-state index < -0.39 is 43.4 Å². The summed E-state index contributed by atoms with van der Waals surface area (Å²) in [6, 6.07) is 0. The third kappa shape index (κ3) is 8.58. The minimum Gasteiger partial charge on any atom is -0.394 e. The lowest BCUT2D eigenvalue weighted by atomic mass is 9.99. The molecule has 26 heavy (non-hydrogen) atoms. The van der Waals surface area contributed by atoms with Crippen LogP contribution < -0.4 is 0 Å². The maximum atomic E-state index is 9.86. The number of aliphatic hydroxyl groups is 5. The minimum atomic E-state index is -1.49. The van der Waals surface area contributed by atoms with Gasteiger partial charge in [0.15, 0.2) is 6.29 Å². The Bertz CT molecular complexity index is 341. The molecule has 1 heterocycles. The summed E-state index contributed by atoms with van der Waals surface area (Å²) in [4.78, 5) is 0. The lowest BCUT2D eigenvalue weighted by molar-refractivity contribution is -0.305. The molecule has 1 aliphatic rings. The van der Waals surface area contributed by atoms with E-state index >= 15 is 0 Å². The fraction of sp³-hybridized carbons (Fsp3) is 1.00. The summed E-state index contributed by atoms with van der Waals surface area (Å²) in [5, 5.41) is 48.1. The van der Waals surface area contributed by atoms with E-state index in [9.17, 15) is 20.4 Å². The molecule has 8 nitrogen and oxygen atoms in total. The van der Waals surface area contributed by atoms with E-state index in [1.54, 1.807) is 0 Å².